The Kier molecular flexibility index (Phi) is 3.94. The summed E-state index contributed by atoms with van der Waals surface area (Å²) in [6, 6.07) is 6.59. The van der Waals surface area contributed by atoms with Crippen molar-refractivity contribution >= 4 is 15.8 Å². The van der Waals surface area contributed by atoms with E-state index in [-0.39, 0.29) is 17.4 Å². The number of hydrogen-bond donors (Lipinski definition) is 0. The standard InChI is InChI=1S/C14H18O4S/c1-3-4-11-9-18-14(15)13(11)19(16,17)12-7-5-10(2)6-8-12/h5-8,11,13H,3-4,9H2,1-2H3/t11-,13?/m1/s1. The van der Waals surface area contributed by atoms with Gasteiger partial charge in [-0.25, -0.2) is 8.42 Å². The fourth-order valence-corrected chi connectivity index (χ4v) is 4.26. The van der Waals surface area contributed by atoms with E-state index in [0.717, 1.165) is 12.0 Å². The van der Waals surface area contributed by atoms with Gasteiger partial charge in [-0.05, 0) is 25.5 Å². The second-order valence-electron chi connectivity index (χ2n) is 4.96. The normalized spacial score (nSPS) is 23.4. The average molecular weight is 282 g/mol. The molecule has 1 unspecified atom stereocenters. The van der Waals surface area contributed by atoms with Crippen LogP contribution in [0.1, 0.15) is 25.3 Å². The first-order chi connectivity index (χ1) is 8.96. The number of aryl methyl sites for hydroxylation is 1. The summed E-state index contributed by atoms with van der Waals surface area (Å²) < 4.78 is 30.0. The number of ether oxygens (including phenoxy) is 1. The van der Waals surface area contributed by atoms with Gasteiger partial charge in [-0.1, -0.05) is 31.0 Å². The van der Waals surface area contributed by atoms with Gasteiger partial charge < -0.3 is 4.74 Å². The highest BCUT2D eigenvalue weighted by atomic mass is 32.2. The van der Waals surface area contributed by atoms with Crippen LogP contribution in [0, 0.1) is 12.8 Å². The summed E-state index contributed by atoms with van der Waals surface area (Å²) in [6.07, 6.45) is 1.52. The summed E-state index contributed by atoms with van der Waals surface area (Å²) in [7, 11) is -3.65. The van der Waals surface area contributed by atoms with Crippen LogP contribution in [0.15, 0.2) is 29.2 Å². The summed E-state index contributed by atoms with van der Waals surface area (Å²) in [6.45, 7) is 4.07. The molecule has 2 atom stereocenters. The third kappa shape index (κ3) is 2.66. The topological polar surface area (TPSA) is 60.4 Å². The zero-order valence-corrected chi connectivity index (χ0v) is 11.9. The van der Waals surface area contributed by atoms with Crippen molar-refractivity contribution in [3.05, 3.63) is 29.8 Å². The molecule has 1 aliphatic rings. The maximum atomic E-state index is 12.5. The molecular formula is C14H18O4S. The lowest BCUT2D eigenvalue weighted by Gasteiger charge is -2.15. The van der Waals surface area contributed by atoms with Gasteiger partial charge in [-0.3, -0.25) is 4.79 Å². The fraction of sp³-hybridized carbons (Fsp3) is 0.500. The summed E-state index contributed by atoms with van der Waals surface area (Å²) in [5, 5.41) is -1.05. The van der Waals surface area contributed by atoms with Crippen LogP contribution in [0.25, 0.3) is 0 Å². The lowest BCUT2D eigenvalue weighted by Crippen LogP contribution is -2.32. The van der Waals surface area contributed by atoms with Gasteiger partial charge in [0.05, 0.1) is 11.5 Å². The summed E-state index contributed by atoms with van der Waals surface area (Å²) in [5.74, 6) is -0.845. The van der Waals surface area contributed by atoms with E-state index in [1.54, 1.807) is 24.3 Å². The first-order valence-electron chi connectivity index (χ1n) is 6.44. The van der Waals surface area contributed by atoms with Gasteiger partial charge in [0.25, 0.3) is 0 Å². The third-order valence-electron chi connectivity index (χ3n) is 3.44. The highest BCUT2D eigenvalue weighted by Gasteiger charge is 2.46. The van der Waals surface area contributed by atoms with Crippen LogP contribution < -0.4 is 0 Å². The summed E-state index contributed by atoms with van der Waals surface area (Å²) in [5.41, 5.74) is 0.984. The van der Waals surface area contributed by atoms with E-state index in [4.69, 9.17) is 4.74 Å². The molecule has 0 radical (unpaired) electrons. The average Bonchev–Trinajstić information content (AvgIpc) is 2.72. The van der Waals surface area contributed by atoms with Crippen LogP contribution in [0.2, 0.25) is 0 Å². The Morgan fingerprint density at radius 3 is 2.47 bits per heavy atom. The van der Waals surface area contributed by atoms with E-state index < -0.39 is 21.1 Å². The summed E-state index contributed by atoms with van der Waals surface area (Å²) >= 11 is 0. The Balaban J connectivity index is 2.37. The molecule has 0 spiro atoms. The minimum atomic E-state index is -3.65. The van der Waals surface area contributed by atoms with Gasteiger partial charge in [0, 0.05) is 5.92 Å². The molecule has 2 rings (SSSR count). The summed E-state index contributed by atoms with van der Waals surface area (Å²) in [4.78, 5) is 11.9. The molecule has 4 nitrogen and oxygen atoms in total. The smallest absolute Gasteiger partial charge is 0.325 e. The van der Waals surface area contributed by atoms with E-state index >= 15 is 0 Å². The second-order valence-corrected chi connectivity index (χ2v) is 7.03. The van der Waals surface area contributed by atoms with Crippen LogP contribution in [0.5, 0.6) is 0 Å². The van der Waals surface area contributed by atoms with Crippen molar-refractivity contribution in [1.29, 1.82) is 0 Å². The zero-order chi connectivity index (χ0) is 14.0. The highest BCUT2D eigenvalue weighted by molar-refractivity contribution is 7.92. The number of cyclic esters (lactones) is 1. The predicted molar refractivity (Wildman–Crippen MR) is 71.5 cm³/mol. The van der Waals surface area contributed by atoms with Crippen molar-refractivity contribution in [1.82, 2.24) is 0 Å². The van der Waals surface area contributed by atoms with E-state index in [0.29, 0.717) is 6.42 Å². The highest BCUT2D eigenvalue weighted by Crippen LogP contribution is 2.30. The maximum Gasteiger partial charge on any atom is 0.325 e. The molecule has 0 aliphatic carbocycles. The monoisotopic (exact) mass is 282 g/mol. The van der Waals surface area contributed by atoms with Gasteiger partial charge in [0.2, 0.25) is 0 Å². The number of hydrogen-bond acceptors (Lipinski definition) is 4. The molecule has 0 bridgehead atoms. The van der Waals surface area contributed by atoms with Crippen molar-refractivity contribution in [2.75, 3.05) is 6.61 Å². The Hall–Kier alpha value is -1.36. The van der Waals surface area contributed by atoms with Gasteiger partial charge in [-0.15, -0.1) is 0 Å². The van der Waals surface area contributed by atoms with Crippen molar-refractivity contribution in [2.45, 2.75) is 36.8 Å². The quantitative estimate of drug-likeness (QED) is 0.794. The molecule has 1 aromatic carbocycles. The molecule has 0 amide bonds. The number of benzene rings is 1. The number of carbonyl (C=O) groups is 1. The SMILES string of the molecule is CCC[C@@H]1COC(=O)C1S(=O)(=O)c1ccc(C)cc1. The number of carbonyl (C=O) groups excluding carboxylic acids is 1. The van der Waals surface area contributed by atoms with Crippen molar-refractivity contribution in [3.8, 4) is 0 Å². The lowest BCUT2D eigenvalue weighted by molar-refractivity contribution is -0.137. The second kappa shape index (κ2) is 5.33. The molecule has 0 N–H and O–H groups in total. The van der Waals surface area contributed by atoms with Crippen molar-refractivity contribution in [3.63, 3.8) is 0 Å². The molecule has 104 valence electrons. The molecule has 1 fully saturated rings. The molecule has 0 saturated carbocycles. The van der Waals surface area contributed by atoms with Gasteiger partial charge in [0.15, 0.2) is 15.1 Å². The fourth-order valence-electron chi connectivity index (χ4n) is 2.41. The number of esters is 1. The molecule has 1 aromatic rings. The molecule has 1 aliphatic heterocycles. The minimum Gasteiger partial charge on any atom is -0.464 e. The van der Waals surface area contributed by atoms with E-state index in [2.05, 4.69) is 0 Å². The first kappa shape index (κ1) is 14.1. The molecule has 1 saturated heterocycles. The predicted octanol–water partition coefficient (Wildman–Crippen LogP) is 2.11. The van der Waals surface area contributed by atoms with Crippen molar-refractivity contribution in [2.24, 2.45) is 5.92 Å². The van der Waals surface area contributed by atoms with Crippen LogP contribution in [-0.2, 0) is 19.4 Å². The van der Waals surface area contributed by atoms with Gasteiger partial charge in [0.1, 0.15) is 0 Å². The van der Waals surface area contributed by atoms with Crippen LogP contribution in [0.3, 0.4) is 0 Å². The first-order valence-corrected chi connectivity index (χ1v) is 7.98. The molecule has 5 heteroatoms. The van der Waals surface area contributed by atoms with Crippen LogP contribution in [0.4, 0.5) is 0 Å². The molecule has 0 aromatic heterocycles. The van der Waals surface area contributed by atoms with E-state index in [1.807, 2.05) is 13.8 Å². The van der Waals surface area contributed by atoms with Gasteiger partial charge in [-0.2, -0.15) is 0 Å². The molecular weight excluding hydrogens is 264 g/mol. The Labute approximate surface area is 113 Å². The van der Waals surface area contributed by atoms with Crippen molar-refractivity contribution < 1.29 is 17.9 Å². The maximum absolute atomic E-state index is 12.5. The van der Waals surface area contributed by atoms with E-state index in [9.17, 15) is 13.2 Å². The van der Waals surface area contributed by atoms with Gasteiger partial charge >= 0.3 is 5.97 Å². The minimum absolute atomic E-state index is 0.197. The Bertz CT molecular complexity index is 560. The largest absolute Gasteiger partial charge is 0.464 e. The van der Waals surface area contributed by atoms with E-state index in [1.165, 1.54) is 0 Å². The molecule has 19 heavy (non-hydrogen) atoms. The molecule has 1 heterocycles. The third-order valence-corrected chi connectivity index (χ3v) is 5.62. The zero-order valence-electron chi connectivity index (χ0n) is 11.1. The van der Waals surface area contributed by atoms with Crippen LogP contribution >= 0.6 is 0 Å². The lowest BCUT2D eigenvalue weighted by atomic mass is 10.0. The number of rotatable bonds is 4. The Morgan fingerprint density at radius 2 is 1.89 bits per heavy atom. The number of sulfone groups is 1. The van der Waals surface area contributed by atoms with Crippen LogP contribution in [-0.4, -0.2) is 26.2 Å². The Morgan fingerprint density at radius 1 is 1.26 bits per heavy atom.